The van der Waals surface area contributed by atoms with E-state index in [2.05, 4.69) is 9.97 Å². The van der Waals surface area contributed by atoms with E-state index in [1.807, 2.05) is 19.0 Å². The van der Waals surface area contributed by atoms with Crippen LogP contribution < -0.4 is 5.56 Å². The first kappa shape index (κ1) is 14.8. The van der Waals surface area contributed by atoms with E-state index in [0.29, 0.717) is 6.54 Å². The molecule has 0 saturated carbocycles. The molecular weight excluding hydrogens is 252 g/mol. The first-order valence-electron chi connectivity index (χ1n) is 5.60. The van der Waals surface area contributed by atoms with Crippen LogP contribution in [0.5, 0.6) is 0 Å². The zero-order chi connectivity index (χ0) is 14.4. The number of carboxylic acids is 1. The van der Waals surface area contributed by atoms with Crippen LogP contribution in [0.4, 0.5) is 0 Å². The summed E-state index contributed by atoms with van der Waals surface area (Å²) >= 11 is 0. The Morgan fingerprint density at radius 1 is 1.37 bits per heavy atom. The van der Waals surface area contributed by atoms with Crippen LogP contribution in [0.3, 0.4) is 0 Å². The molecule has 0 fully saturated rings. The van der Waals surface area contributed by atoms with Crippen molar-refractivity contribution in [2.75, 3.05) is 33.7 Å². The normalized spacial score (nSPS) is 10.5. The van der Waals surface area contributed by atoms with E-state index >= 15 is 0 Å². The van der Waals surface area contributed by atoms with Gasteiger partial charge < -0.3 is 19.9 Å². The molecular formula is C11H16N4O4. The van der Waals surface area contributed by atoms with Crippen molar-refractivity contribution >= 4 is 11.9 Å². The third kappa shape index (κ3) is 4.88. The maximum Gasteiger partial charge on any atom is 0.323 e. The van der Waals surface area contributed by atoms with Gasteiger partial charge in [-0.25, -0.2) is 4.98 Å². The highest BCUT2D eigenvalue weighted by Gasteiger charge is 2.19. The molecule has 0 aliphatic heterocycles. The molecule has 19 heavy (non-hydrogen) atoms. The van der Waals surface area contributed by atoms with Gasteiger partial charge in [0.05, 0.1) is 6.20 Å². The van der Waals surface area contributed by atoms with Crippen LogP contribution in [0.15, 0.2) is 17.2 Å². The molecule has 0 atom stereocenters. The van der Waals surface area contributed by atoms with Gasteiger partial charge in [0.2, 0.25) is 0 Å². The molecule has 0 unspecified atom stereocenters. The molecule has 0 saturated heterocycles. The standard InChI is InChI=1S/C11H16N4O4/c1-14(2)3-4-15(7-10(17)18)11(19)8-5-13-9(16)6-12-8/h5-6H,3-4,7H2,1-2H3,(H,13,16)(H,17,18). The van der Waals surface area contributed by atoms with E-state index in [9.17, 15) is 14.4 Å². The van der Waals surface area contributed by atoms with E-state index in [1.165, 1.54) is 11.1 Å². The average Bonchev–Trinajstić information content (AvgIpc) is 2.34. The van der Waals surface area contributed by atoms with Gasteiger partial charge >= 0.3 is 5.97 Å². The minimum Gasteiger partial charge on any atom is -0.480 e. The zero-order valence-electron chi connectivity index (χ0n) is 10.8. The Morgan fingerprint density at radius 2 is 2.05 bits per heavy atom. The molecule has 2 N–H and O–H groups in total. The minimum atomic E-state index is -1.10. The van der Waals surface area contributed by atoms with Crippen molar-refractivity contribution < 1.29 is 14.7 Å². The van der Waals surface area contributed by atoms with Gasteiger partial charge in [0, 0.05) is 19.3 Å². The Labute approximate surface area is 109 Å². The number of hydrogen-bond donors (Lipinski definition) is 2. The molecule has 1 heterocycles. The first-order valence-corrected chi connectivity index (χ1v) is 5.60. The number of aromatic nitrogens is 2. The molecule has 0 bridgehead atoms. The fourth-order valence-electron chi connectivity index (χ4n) is 1.36. The molecule has 8 nitrogen and oxygen atoms in total. The van der Waals surface area contributed by atoms with E-state index in [4.69, 9.17) is 5.11 Å². The minimum absolute atomic E-state index is 0.0135. The lowest BCUT2D eigenvalue weighted by atomic mass is 10.3. The van der Waals surface area contributed by atoms with Gasteiger partial charge in [0.25, 0.3) is 11.5 Å². The predicted molar refractivity (Wildman–Crippen MR) is 67.0 cm³/mol. The van der Waals surface area contributed by atoms with E-state index < -0.39 is 24.0 Å². The summed E-state index contributed by atoms with van der Waals surface area (Å²) in [5.74, 6) is -1.63. The number of carbonyl (C=O) groups is 2. The summed E-state index contributed by atoms with van der Waals surface area (Å²) in [5, 5.41) is 8.80. The van der Waals surface area contributed by atoms with Crippen molar-refractivity contribution in [3.63, 3.8) is 0 Å². The van der Waals surface area contributed by atoms with Gasteiger partial charge in [-0.2, -0.15) is 0 Å². The van der Waals surface area contributed by atoms with E-state index in [0.717, 1.165) is 6.20 Å². The molecule has 0 spiro atoms. The smallest absolute Gasteiger partial charge is 0.323 e. The number of likely N-dealkylation sites (N-methyl/N-ethyl adjacent to an activating group) is 1. The Kier molecular flexibility index (Phi) is 5.19. The van der Waals surface area contributed by atoms with Crippen LogP contribution in [-0.2, 0) is 4.79 Å². The number of carboxylic acid groups (broad SMARTS) is 1. The lowest BCUT2D eigenvalue weighted by Gasteiger charge is -2.22. The third-order valence-corrected chi connectivity index (χ3v) is 2.32. The van der Waals surface area contributed by atoms with Crippen LogP contribution in [0, 0.1) is 0 Å². The first-order chi connectivity index (χ1) is 8.90. The molecule has 1 amide bonds. The zero-order valence-corrected chi connectivity index (χ0v) is 10.8. The van der Waals surface area contributed by atoms with Gasteiger partial charge in [-0.05, 0) is 14.1 Å². The summed E-state index contributed by atoms with van der Waals surface area (Å²) in [4.78, 5) is 42.7. The lowest BCUT2D eigenvalue weighted by molar-refractivity contribution is -0.137. The van der Waals surface area contributed by atoms with Crippen LogP contribution in [0.2, 0.25) is 0 Å². The van der Waals surface area contributed by atoms with Gasteiger partial charge in [-0.1, -0.05) is 0 Å². The largest absolute Gasteiger partial charge is 0.480 e. The number of amides is 1. The lowest BCUT2D eigenvalue weighted by Crippen LogP contribution is -2.40. The second-order valence-corrected chi connectivity index (χ2v) is 4.22. The molecule has 0 aliphatic rings. The fraction of sp³-hybridized carbons (Fsp3) is 0.455. The van der Waals surface area contributed by atoms with Crippen molar-refractivity contribution in [3.8, 4) is 0 Å². The summed E-state index contributed by atoms with van der Waals surface area (Å²) in [6.07, 6.45) is 2.16. The van der Waals surface area contributed by atoms with Gasteiger partial charge in [-0.3, -0.25) is 14.4 Å². The Balaban J connectivity index is 2.83. The summed E-state index contributed by atoms with van der Waals surface area (Å²) < 4.78 is 0. The average molecular weight is 268 g/mol. The Morgan fingerprint density at radius 3 is 2.53 bits per heavy atom. The third-order valence-electron chi connectivity index (χ3n) is 2.32. The monoisotopic (exact) mass is 268 g/mol. The maximum absolute atomic E-state index is 12.1. The maximum atomic E-state index is 12.1. The summed E-state index contributed by atoms with van der Waals surface area (Å²) in [5.41, 5.74) is -0.408. The van der Waals surface area contributed by atoms with Crippen molar-refractivity contribution in [1.29, 1.82) is 0 Å². The van der Waals surface area contributed by atoms with Gasteiger partial charge in [-0.15, -0.1) is 0 Å². The summed E-state index contributed by atoms with van der Waals surface area (Å²) in [6.45, 7) is 0.384. The number of carbonyl (C=O) groups excluding carboxylic acids is 1. The molecule has 1 aromatic rings. The Bertz CT molecular complexity index is 491. The summed E-state index contributed by atoms with van der Waals surface area (Å²) in [6, 6.07) is 0. The van der Waals surface area contributed by atoms with E-state index in [1.54, 1.807) is 0 Å². The number of nitrogens with zero attached hydrogens (tertiary/aromatic N) is 3. The number of aromatic amines is 1. The summed E-state index contributed by atoms with van der Waals surface area (Å²) in [7, 11) is 3.64. The molecule has 104 valence electrons. The number of H-pyrrole nitrogens is 1. The Hall–Kier alpha value is -2.22. The van der Waals surface area contributed by atoms with Crippen LogP contribution >= 0.6 is 0 Å². The van der Waals surface area contributed by atoms with Crippen LogP contribution in [0.25, 0.3) is 0 Å². The molecule has 0 radical (unpaired) electrons. The van der Waals surface area contributed by atoms with Crippen LogP contribution in [-0.4, -0.2) is 70.5 Å². The highest BCUT2D eigenvalue weighted by atomic mass is 16.4. The van der Waals surface area contributed by atoms with E-state index in [-0.39, 0.29) is 12.2 Å². The topological polar surface area (TPSA) is 107 Å². The highest BCUT2D eigenvalue weighted by Crippen LogP contribution is 1.99. The number of rotatable bonds is 6. The molecule has 0 aliphatic carbocycles. The fourth-order valence-corrected chi connectivity index (χ4v) is 1.36. The predicted octanol–water partition coefficient (Wildman–Crippen LogP) is -1.14. The van der Waals surface area contributed by atoms with Crippen molar-refractivity contribution in [2.24, 2.45) is 0 Å². The second-order valence-electron chi connectivity index (χ2n) is 4.22. The van der Waals surface area contributed by atoms with Crippen molar-refractivity contribution in [3.05, 3.63) is 28.4 Å². The second kappa shape index (κ2) is 6.64. The van der Waals surface area contributed by atoms with Gasteiger partial charge in [0.1, 0.15) is 12.2 Å². The molecule has 1 aromatic heterocycles. The molecule has 1 rings (SSSR count). The number of aliphatic carboxylic acids is 1. The number of hydrogen-bond acceptors (Lipinski definition) is 5. The van der Waals surface area contributed by atoms with Crippen LogP contribution in [0.1, 0.15) is 10.5 Å². The van der Waals surface area contributed by atoms with Gasteiger partial charge in [0.15, 0.2) is 0 Å². The highest BCUT2D eigenvalue weighted by molar-refractivity contribution is 5.93. The van der Waals surface area contributed by atoms with Crippen molar-refractivity contribution in [2.45, 2.75) is 0 Å². The van der Waals surface area contributed by atoms with Crippen molar-refractivity contribution in [1.82, 2.24) is 19.8 Å². The number of nitrogens with one attached hydrogen (secondary N) is 1. The SMILES string of the molecule is CN(C)CCN(CC(=O)O)C(=O)c1c[nH]c(=O)cn1. The quantitative estimate of drug-likeness (QED) is 0.675. The molecule has 8 heteroatoms. The molecule has 0 aromatic carbocycles.